The Balaban J connectivity index is 1.77. The van der Waals surface area contributed by atoms with Gasteiger partial charge in [-0.2, -0.15) is 0 Å². The SMILES string of the molecule is Cc1ccc2c(c1)C1(CCNCC1)CN2C(=O)c1cccnc1. The van der Waals surface area contributed by atoms with Crippen LogP contribution in [0.15, 0.2) is 42.7 Å². The standard InChI is InChI=1S/C19H21N3O/c1-14-4-5-17-16(11-14)19(6-9-20-10-7-19)13-22(17)18(23)15-3-2-8-21-12-15/h2-5,8,11-12,20H,6-7,9-10,13H2,1H3. The van der Waals surface area contributed by atoms with Crippen LogP contribution in [-0.2, 0) is 5.41 Å². The largest absolute Gasteiger partial charge is 0.317 e. The first-order valence-corrected chi connectivity index (χ1v) is 8.23. The van der Waals surface area contributed by atoms with Gasteiger partial charge in [0, 0.05) is 30.0 Å². The quantitative estimate of drug-likeness (QED) is 0.881. The Hall–Kier alpha value is -2.20. The van der Waals surface area contributed by atoms with Gasteiger partial charge in [-0.3, -0.25) is 9.78 Å². The van der Waals surface area contributed by atoms with Crippen molar-refractivity contribution in [3.63, 3.8) is 0 Å². The van der Waals surface area contributed by atoms with Crippen molar-refractivity contribution >= 4 is 11.6 Å². The average Bonchev–Trinajstić information content (AvgIpc) is 2.89. The molecule has 0 atom stereocenters. The van der Waals surface area contributed by atoms with Crippen LogP contribution in [0.2, 0.25) is 0 Å². The first-order chi connectivity index (χ1) is 11.2. The summed E-state index contributed by atoms with van der Waals surface area (Å²) in [4.78, 5) is 19.0. The Morgan fingerprint density at radius 1 is 1.26 bits per heavy atom. The van der Waals surface area contributed by atoms with Gasteiger partial charge in [0.15, 0.2) is 0 Å². The molecule has 1 amide bonds. The van der Waals surface area contributed by atoms with Crippen molar-refractivity contribution in [2.75, 3.05) is 24.5 Å². The van der Waals surface area contributed by atoms with Crippen LogP contribution in [0.5, 0.6) is 0 Å². The molecule has 0 unspecified atom stereocenters. The van der Waals surface area contributed by atoms with Gasteiger partial charge in [0.25, 0.3) is 5.91 Å². The van der Waals surface area contributed by atoms with Gasteiger partial charge in [-0.15, -0.1) is 0 Å². The Morgan fingerprint density at radius 3 is 2.83 bits per heavy atom. The van der Waals surface area contributed by atoms with Crippen LogP contribution >= 0.6 is 0 Å². The Bertz CT molecular complexity index is 736. The van der Waals surface area contributed by atoms with Gasteiger partial charge in [-0.05, 0) is 56.6 Å². The highest BCUT2D eigenvalue weighted by Gasteiger charge is 2.45. The lowest BCUT2D eigenvalue weighted by Crippen LogP contribution is -2.44. The van der Waals surface area contributed by atoms with Gasteiger partial charge in [-0.25, -0.2) is 0 Å². The predicted molar refractivity (Wildman–Crippen MR) is 90.9 cm³/mol. The maximum atomic E-state index is 13.0. The Kier molecular flexibility index (Phi) is 3.42. The number of pyridine rings is 1. The highest BCUT2D eigenvalue weighted by atomic mass is 16.2. The molecule has 2 aliphatic rings. The Morgan fingerprint density at radius 2 is 2.09 bits per heavy atom. The minimum absolute atomic E-state index is 0.0543. The fraction of sp³-hybridized carbons (Fsp3) is 0.368. The fourth-order valence-electron chi connectivity index (χ4n) is 3.94. The third-order valence-corrected chi connectivity index (χ3v) is 5.19. The lowest BCUT2D eigenvalue weighted by molar-refractivity contribution is 0.0982. The molecule has 0 bridgehead atoms. The van der Waals surface area contributed by atoms with Crippen LogP contribution in [0.3, 0.4) is 0 Å². The van der Waals surface area contributed by atoms with E-state index in [4.69, 9.17) is 0 Å². The number of aromatic nitrogens is 1. The smallest absolute Gasteiger partial charge is 0.259 e. The number of carbonyl (C=O) groups excluding carboxylic acids is 1. The molecule has 1 fully saturated rings. The van der Waals surface area contributed by atoms with E-state index in [0.717, 1.165) is 38.2 Å². The topological polar surface area (TPSA) is 45.2 Å². The summed E-state index contributed by atoms with van der Waals surface area (Å²) in [7, 11) is 0. The van der Waals surface area contributed by atoms with Gasteiger partial charge >= 0.3 is 0 Å². The van der Waals surface area contributed by atoms with Gasteiger partial charge < -0.3 is 10.2 Å². The molecule has 118 valence electrons. The van der Waals surface area contributed by atoms with Crippen LogP contribution in [0, 0.1) is 6.92 Å². The number of nitrogens with zero attached hydrogens (tertiary/aromatic N) is 2. The number of hydrogen-bond donors (Lipinski definition) is 1. The summed E-state index contributed by atoms with van der Waals surface area (Å²) < 4.78 is 0. The third kappa shape index (κ3) is 2.34. The van der Waals surface area contributed by atoms with Crippen molar-refractivity contribution in [1.29, 1.82) is 0 Å². The normalized spacial score (nSPS) is 18.9. The van der Waals surface area contributed by atoms with Gasteiger partial charge in [0.05, 0.1) is 5.56 Å². The molecule has 4 rings (SSSR count). The number of piperidine rings is 1. The van der Waals surface area contributed by atoms with Crippen molar-refractivity contribution in [3.8, 4) is 0 Å². The van der Waals surface area contributed by atoms with Gasteiger partial charge in [0.1, 0.15) is 0 Å². The molecular weight excluding hydrogens is 286 g/mol. The summed E-state index contributed by atoms with van der Waals surface area (Å²) in [6.07, 6.45) is 5.52. The van der Waals surface area contributed by atoms with Crippen LogP contribution in [0.4, 0.5) is 5.69 Å². The van der Waals surface area contributed by atoms with Crippen LogP contribution in [-0.4, -0.2) is 30.5 Å². The number of nitrogens with one attached hydrogen (secondary N) is 1. The highest BCUT2D eigenvalue weighted by molar-refractivity contribution is 6.07. The number of hydrogen-bond acceptors (Lipinski definition) is 3. The first-order valence-electron chi connectivity index (χ1n) is 8.23. The first kappa shape index (κ1) is 14.4. The van der Waals surface area contributed by atoms with Crippen molar-refractivity contribution in [2.24, 2.45) is 0 Å². The zero-order valence-electron chi connectivity index (χ0n) is 13.4. The molecule has 1 spiro atoms. The second-order valence-corrected chi connectivity index (χ2v) is 6.68. The number of amides is 1. The molecule has 4 heteroatoms. The van der Waals surface area contributed by atoms with Crippen molar-refractivity contribution in [3.05, 3.63) is 59.4 Å². The van der Waals surface area contributed by atoms with E-state index in [9.17, 15) is 4.79 Å². The summed E-state index contributed by atoms with van der Waals surface area (Å²) in [6.45, 7) is 4.94. The second kappa shape index (κ2) is 5.46. The minimum atomic E-state index is 0.0543. The van der Waals surface area contributed by atoms with E-state index in [-0.39, 0.29) is 11.3 Å². The number of rotatable bonds is 1. The fourth-order valence-corrected chi connectivity index (χ4v) is 3.94. The van der Waals surface area contributed by atoms with E-state index in [1.807, 2.05) is 17.0 Å². The zero-order valence-corrected chi connectivity index (χ0v) is 13.4. The van der Waals surface area contributed by atoms with Gasteiger partial charge in [-0.1, -0.05) is 17.7 Å². The van der Waals surface area contributed by atoms with Gasteiger partial charge in [0.2, 0.25) is 0 Å². The maximum Gasteiger partial charge on any atom is 0.259 e. The Labute approximate surface area is 136 Å². The van der Waals surface area contributed by atoms with E-state index in [0.29, 0.717) is 5.56 Å². The number of aryl methyl sites for hydroxylation is 1. The zero-order chi connectivity index (χ0) is 15.9. The summed E-state index contributed by atoms with van der Waals surface area (Å²) in [5.74, 6) is 0.0543. The summed E-state index contributed by atoms with van der Waals surface area (Å²) in [6, 6.07) is 10.1. The number of anilines is 1. The van der Waals surface area contributed by atoms with Crippen molar-refractivity contribution in [1.82, 2.24) is 10.3 Å². The second-order valence-electron chi connectivity index (χ2n) is 6.68. The van der Waals surface area contributed by atoms with Crippen molar-refractivity contribution in [2.45, 2.75) is 25.2 Å². The minimum Gasteiger partial charge on any atom is -0.317 e. The van der Waals surface area contributed by atoms with E-state index >= 15 is 0 Å². The lowest BCUT2D eigenvalue weighted by Gasteiger charge is -2.34. The molecule has 1 aromatic heterocycles. The molecule has 0 radical (unpaired) electrons. The summed E-state index contributed by atoms with van der Waals surface area (Å²) >= 11 is 0. The number of fused-ring (bicyclic) bond motifs is 2. The molecule has 1 N–H and O–H groups in total. The number of carbonyl (C=O) groups is 1. The third-order valence-electron chi connectivity index (χ3n) is 5.19. The molecule has 4 nitrogen and oxygen atoms in total. The highest BCUT2D eigenvalue weighted by Crippen LogP contribution is 2.46. The average molecular weight is 307 g/mol. The van der Waals surface area contributed by atoms with Crippen LogP contribution in [0.25, 0.3) is 0 Å². The molecule has 2 aliphatic heterocycles. The maximum absolute atomic E-state index is 13.0. The molecule has 0 aliphatic carbocycles. The molecule has 1 saturated heterocycles. The molecule has 23 heavy (non-hydrogen) atoms. The van der Waals surface area contributed by atoms with E-state index in [1.165, 1.54) is 11.1 Å². The molecule has 1 aromatic carbocycles. The summed E-state index contributed by atoms with van der Waals surface area (Å²) in [5.41, 5.74) is 4.44. The predicted octanol–water partition coefficient (Wildman–Crippen LogP) is 2.67. The molecule has 3 heterocycles. The summed E-state index contributed by atoms with van der Waals surface area (Å²) in [5, 5.41) is 3.44. The van der Waals surface area contributed by atoms with Crippen LogP contribution in [0.1, 0.15) is 34.3 Å². The number of benzene rings is 1. The molecule has 0 saturated carbocycles. The van der Waals surface area contributed by atoms with Crippen molar-refractivity contribution < 1.29 is 4.79 Å². The lowest BCUT2D eigenvalue weighted by atomic mass is 9.74. The van der Waals surface area contributed by atoms with E-state index in [1.54, 1.807) is 12.4 Å². The van der Waals surface area contributed by atoms with E-state index < -0.39 is 0 Å². The molecule has 2 aromatic rings. The van der Waals surface area contributed by atoms with E-state index in [2.05, 4.69) is 35.4 Å². The molecular formula is C19H21N3O. The monoisotopic (exact) mass is 307 g/mol. The van der Waals surface area contributed by atoms with Crippen LogP contribution < -0.4 is 10.2 Å².